The summed E-state index contributed by atoms with van der Waals surface area (Å²) in [6.45, 7) is 0.657. The molecule has 2 aromatic rings. The van der Waals surface area contributed by atoms with Crippen LogP contribution in [0.2, 0.25) is 0 Å². The molecule has 4 rings (SSSR count). The van der Waals surface area contributed by atoms with Gasteiger partial charge in [-0.05, 0) is 35.4 Å². The number of nitrogens with one attached hydrogen (secondary N) is 1. The average Bonchev–Trinajstić information content (AvgIpc) is 3.03. The number of imide groups is 1. The van der Waals surface area contributed by atoms with Gasteiger partial charge in [-0.3, -0.25) is 19.5 Å². The summed E-state index contributed by atoms with van der Waals surface area (Å²) in [6, 6.07) is 8.23. The molecule has 1 aromatic heterocycles. The molecule has 0 bridgehead atoms. The number of hydrogen-bond donors (Lipinski definition) is 1. The lowest BCUT2D eigenvalue weighted by Crippen LogP contribution is -2.40. The quantitative estimate of drug-likeness (QED) is 0.676. The van der Waals surface area contributed by atoms with Crippen LogP contribution < -0.4 is 14.8 Å². The fourth-order valence-corrected chi connectivity index (χ4v) is 3.96. The van der Waals surface area contributed by atoms with Crippen molar-refractivity contribution in [3.05, 3.63) is 53.3 Å². The topological polar surface area (TPSA) is 101 Å². The molecule has 2 aliphatic rings. The Balaban J connectivity index is 1.39. The predicted octanol–water partition coefficient (Wildman–Crippen LogP) is 1.49. The van der Waals surface area contributed by atoms with Gasteiger partial charge in [0.2, 0.25) is 5.91 Å². The molecule has 162 valence electrons. The first-order valence-electron chi connectivity index (χ1n) is 10.0. The molecule has 0 aliphatic carbocycles. The minimum absolute atomic E-state index is 0.0411. The van der Waals surface area contributed by atoms with Crippen LogP contribution in [0.5, 0.6) is 11.5 Å². The molecule has 3 heterocycles. The van der Waals surface area contributed by atoms with Gasteiger partial charge in [-0.2, -0.15) is 0 Å². The highest BCUT2D eigenvalue weighted by Gasteiger charge is 2.47. The van der Waals surface area contributed by atoms with E-state index in [9.17, 15) is 14.4 Å². The number of nitrogens with zero attached hydrogens (tertiary/aromatic N) is 3. The molecule has 1 atom stereocenters. The van der Waals surface area contributed by atoms with Crippen LogP contribution in [0.1, 0.15) is 23.2 Å². The van der Waals surface area contributed by atoms with Crippen molar-refractivity contribution < 1.29 is 23.9 Å². The lowest BCUT2D eigenvalue weighted by Gasteiger charge is -2.29. The number of carbonyl (C=O) groups is 3. The normalized spacial score (nSPS) is 17.3. The Hall–Kier alpha value is -3.62. The molecule has 4 amide bonds. The van der Waals surface area contributed by atoms with Crippen LogP contribution in [0.15, 0.2) is 36.5 Å². The lowest BCUT2D eigenvalue weighted by atomic mass is 9.94. The number of amides is 4. The van der Waals surface area contributed by atoms with E-state index in [2.05, 4.69) is 10.3 Å². The molecule has 9 heteroatoms. The molecule has 0 saturated carbocycles. The SMILES string of the molecule is COc1cc2c(cc1OC)CN1C(=O)N(CCC(=O)NCc3ccccn3)C(=O)[C@H]1C2. The van der Waals surface area contributed by atoms with Gasteiger partial charge in [0.25, 0.3) is 5.91 Å². The van der Waals surface area contributed by atoms with E-state index in [1.54, 1.807) is 31.4 Å². The van der Waals surface area contributed by atoms with Gasteiger partial charge in [-0.15, -0.1) is 0 Å². The van der Waals surface area contributed by atoms with Crippen LogP contribution in [-0.2, 0) is 29.1 Å². The zero-order chi connectivity index (χ0) is 22.0. The number of urea groups is 1. The van der Waals surface area contributed by atoms with Crippen molar-refractivity contribution in [2.75, 3.05) is 20.8 Å². The third kappa shape index (κ3) is 4.03. The summed E-state index contributed by atoms with van der Waals surface area (Å²) in [6.07, 6.45) is 2.10. The van der Waals surface area contributed by atoms with Crippen molar-refractivity contribution in [2.24, 2.45) is 0 Å². The van der Waals surface area contributed by atoms with Gasteiger partial charge in [0, 0.05) is 32.1 Å². The predicted molar refractivity (Wildman–Crippen MR) is 110 cm³/mol. The standard InChI is InChI=1S/C22H24N4O5/c1-30-18-10-14-9-17-21(28)25(22(29)26(17)13-15(14)11-19(18)31-2)8-6-20(27)24-12-16-5-3-4-7-23-16/h3-5,7,10-11,17H,6,8-9,12-13H2,1-2H3,(H,24,27)/t17-/m1/s1. The van der Waals surface area contributed by atoms with E-state index < -0.39 is 6.04 Å². The summed E-state index contributed by atoms with van der Waals surface area (Å²) in [4.78, 5) is 44.8. The maximum absolute atomic E-state index is 12.9. The smallest absolute Gasteiger partial charge is 0.327 e. The van der Waals surface area contributed by atoms with Gasteiger partial charge in [0.1, 0.15) is 6.04 Å². The highest BCUT2D eigenvalue weighted by atomic mass is 16.5. The second-order valence-electron chi connectivity index (χ2n) is 7.44. The van der Waals surface area contributed by atoms with E-state index >= 15 is 0 Å². The Morgan fingerprint density at radius 3 is 2.58 bits per heavy atom. The van der Waals surface area contributed by atoms with E-state index in [-0.39, 0.29) is 30.8 Å². The second-order valence-corrected chi connectivity index (χ2v) is 7.44. The van der Waals surface area contributed by atoms with Crippen molar-refractivity contribution in [3.63, 3.8) is 0 Å². The van der Waals surface area contributed by atoms with Crippen molar-refractivity contribution in [2.45, 2.75) is 32.0 Å². The third-order valence-electron chi connectivity index (χ3n) is 5.62. The van der Waals surface area contributed by atoms with Crippen LogP contribution in [0, 0.1) is 0 Å². The highest BCUT2D eigenvalue weighted by molar-refractivity contribution is 6.05. The Bertz CT molecular complexity index is 959. The lowest BCUT2D eigenvalue weighted by molar-refractivity contribution is -0.129. The van der Waals surface area contributed by atoms with E-state index in [4.69, 9.17) is 9.47 Å². The Morgan fingerprint density at radius 2 is 1.90 bits per heavy atom. The molecule has 9 nitrogen and oxygen atoms in total. The monoisotopic (exact) mass is 424 g/mol. The minimum atomic E-state index is -0.560. The van der Waals surface area contributed by atoms with E-state index in [1.807, 2.05) is 24.3 Å². The van der Waals surface area contributed by atoms with E-state index in [1.165, 1.54) is 4.90 Å². The minimum Gasteiger partial charge on any atom is -0.493 e. The number of rotatable bonds is 7. The van der Waals surface area contributed by atoms with Gasteiger partial charge < -0.3 is 19.7 Å². The molecule has 0 radical (unpaired) electrons. The van der Waals surface area contributed by atoms with Crippen LogP contribution in [-0.4, -0.2) is 59.4 Å². The van der Waals surface area contributed by atoms with Crippen molar-refractivity contribution >= 4 is 17.8 Å². The Labute approximate surface area is 179 Å². The fourth-order valence-electron chi connectivity index (χ4n) is 3.96. The zero-order valence-electron chi connectivity index (χ0n) is 17.5. The summed E-state index contributed by atoms with van der Waals surface area (Å²) < 4.78 is 10.7. The molecule has 1 fully saturated rings. The number of aromatic nitrogens is 1. The van der Waals surface area contributed by atoms with Crippen LogP contribution in [0.25, 0.3) is 0 Å². The van der Waals surface area contributed by atoms with Gasteiger partial charge in [0.15, 0.2) is 11.5 Å². The van der Waals surface area contributed by atoms with Gasteiger partial charge >= 0.3 is 6.03 Å². The average molecular weight is 424 g/mol. The molecule has 1 aromatic carbocycles. The Kier molecular flexibility index (Phi) is 5.75. The number of benzene rings is 1. The third-order valence-corrected chi connectivity index (χ3v) is 5.62. The first-order valence-corrected chi connectivity index (χ1v) is 10.0. The maximum atomic E-state index is 12.9. The molecular formula is C22H24N4O5. The molecule has 0 unspecified atom stereocenters. The van der Waals surface area contributed by atoms with Gasteiger partial charge in [-0.25, -0.2) is 4.79 Å². The molecule has 0 spiro atoms. The molecule has 31 heavy (non-hydrogen) atoms. The summed E-state index contributed by atoms with van der Waals surface area (Å²) >= 11 is 0. The fraction of sp³-hybridized carbons (Fsp3) is 0.364. The van der Waals surface area contributed by atoms with E-state index in [0.29, 0.717) is 31.0 Å². The number of methoxy groups -OCH3 is 2. The van der Waals surface area contributed by atoms with Gasteiger partial charge in [0.05, 0.1) is 26.5 Å². The summed E-state index contributed by atoms with van der Waals surface area (Å²) in [5, 5.41) is 2.76. The maximum Gasteiger partial charge on any atom is 0.327 e. The van der Waals surface area contributed by atoms with Crippen LogP contribution in [0.4, 0.5) is 4.79 Å². The summed E-state index contributed by atoms with van der Waals surface area (Å²) in [5.74, 6) is 0.656. The van der Waals surface area contributed by atoms with E-state index in [0.717, 1.165) is 16.8 Å². The number of hydrogen-bond acceptors (Lipinski definition) is 6. The van der Waals surface area contributed by atoms with Crippen molar-refractivity contribution in [1.82, 2.24) is 20.1 Å². The first kappa shape index (κ1) is 20.6. The summed E-state index contributed by atoms with van der Waals surface area (Å²) in [7, 11) is 3.12. The van der Waals surface area contributed by atoms with Crippen molar-refractivity contribution in [1.29, 1.82) is 0 Å². The Morgan fingerprint density at radius 1 is 1.16 bits per heavy atom. The second kappa shape index (κ2) is 8.63. The number of fused-ring (bicyclic) bond motifs is 2. The number of carbonyl (C=O) groups excluding carboxylic acids is 3. The largest absolute Gasteiger partial charge is 0.493 e. The molecule has 2 aliphatic heterocycles. The molecular weight excluding hydrogens is 400 g/mol. The number of pyridine rings is 1. The van der Waals surface area contributed by atoms with Crippen molar-refractivity contribution in [3.8, 4) is 11.5 Å². The highest BCUT2D eigenvalue weighted by Crippen LogP contribution is 2.37. The molecule has 1 N–H and O–H groups in total. The van der Waals surface area contributed by atoms with Gasteiger partial charge in [-0.1, -0.05) is 6.07 Å². The first-order chi connectivity index (χ1) is 15.0. The summed E-state index contributed by atoms with van der Waals surface area (Å²) in [5.41, 5.74) is 2.62. The molecule has 1 saturated heterocycles. The number of ether oxygens (including phenoxy) is 2. The van der Waals surface area contributed by atoms with Crippen LogP contribution >= 0.6 is 0 Å². The van der Waals surface area contributed by atoms with Crippen LogP contribution in [0.3, 0.4) is 0 Å². The zero-order valence-corrected chi connectivity index (χ0v) is 17.5.